The van der Waals surface area contributed by atoms with Crippen LogP contribution < -0.4 is 10.5 Å². The Kier molecular flexibility index (Phi) is 3.45. The van der Waals surface area contributed by atoms with Crippen LogP contribution in [0.25, 0.3) is 0 Å². The molecule has 1 aliphatic carbocycles. The van der Waals surface area contributed by atoms with E-state index in [-0.39, 0.29) is 18.0 Å². The molecule has 0 heterocycles. The summed E-state index contributed by atoms with van der Waals surface area (Å²) < 4.78 is 19.3. The molecule has 0 aromatic heterocycles. The highest BCUT2D eigenvalue weighted by molar-refractivity contribution is 5.36. The number of ether oxygens (including phenoxy) is 1. The second kappa shape index (κ2) is 5.25. The summed E-state index contributed by atoms with van der Waals surface area (Å²) in [4.78, 5) is 0. The molecule has 0 spiro atoms. The maximum atomic E-state index is 13.3. The summed E-state index contributed by atoms with van der Waals surface area (Å²) in [6.45, 7) is 1.91. The topological polar surface area (TPSA) is 35.2 Å². The monoisotopic (exact) mass is 271 g/mol. The zero-order valence-corrected chi connectivity index (χ0v) is 11.5. The third-order valence-corrected chi connectivity index (χ3v) is 3.94. The highest BCUT2D eigenvalue weighted by atomic mass is 19.1. The normalized spacial score (nSPS) is 21.4. The van der Waals surface area contributed by atoms with Gasteiger partial charge in [0.15, 0.2) is 0 Å². The lowest BCUT2D eigenvalue weighted by Crippen LogP contribution is -2.36. The van der Waals surface area contributed by atoms with Crippen molar-refractivity contribution in [1.29, 1.82) is 0 Å². The quantitative estimate of drug-likeness (QED) is 0.907. The first kappa shape index (κ1) is 13.1. The summed E-state index contributed by atoms with van der Waals surface area (Å²) in [5.41, 5.74) is 9.66. The first-order chi connectivity index (χ1) is 9.65. The minimum absolute atomic E-state index is 0.106. The zero-order valence-electron chi connectivity index (χ0n) is 11.5. The number of hydrogen-bond acceptors (Lipinski definition) is 2. The van der Waals surface area contributed by atoms with E-state index in [9.17, 15) is 4.39 Å². The van der Waals surface area contributed by atoms with Gasteiger partial charge in [0.05, 0.1) is 6.04 Å². The molecule has 0 amide bonds. The molecule has 0 aliphatic heterocycles. The first-order valence-corrected chi connectivity index (χ1v) is 6.91. The number of aryl methyl sites for hydroxylation is 2. The molecule has 3 heteroatoms. The summed E-state index contributed by atoms with van der Waals surface area (Å²) in [7, 11) is 0. The molecule has 0 radical (unpaired) electrons. The van der Waals surface area contributed by atoms with Gasteiger partial charge >= 0.3 is 0 Å². The molecule has 0 saturated heterocycles. The predicted octanol–water partition coefficient (Wildman–Crippen LogP) is 3.53. The molecule has 2 atom stereocenters. The van der Waals surface area contributed by atoms with Crippen LogP contribution in [-0.4, -0.2) is 6.10 Å². The van der Waals surface area contributed by atoms with Crippen LogP contribution >= 0.6 is 0 Å². The molecule has 0 bridgehead atoms. The Balaban J connectivity index is 1.84. The van der Waals surface area contributed by atoms with Crippen molar-refractivity contribution < 1.29 is 9.13 Å². The Hall–Kier alpha value is -1.87. The highest BCUT2D eigenvalue weighted by Crippen LogP contribution is 2.32. The van der Waals surface area contributed by atoms with Crippen molar-refractivity contribution in [2.45, 2.75) is 31.9 Å². The van der Waals surface area contributed by atoms with Gasteiger partial charge in [0, 0.05) is 6.07 Å². The Morgan fingerprint density at radius 3 is 2.85 bits per heavy atom. The summed E-state index contributed by atoms with van der Waals surface area (Å²) in [5, 5.41) is 0. The fourth-order valence-electron chi connectivity index (χ4n) is 2.76. The lowest BCUT2D eigenvalue weighted by atomic mass is 9.86. The molecule has 2 aromatic rings. The second-order valence-electron chi connectivity index (χ2n) is 5.33. The van der Waals surface area contributed by atoms with E-state index in [0.717, 1.165) is 24.0 Å². The van der Waals surface area contributed by atoms with Crippen molar-refractivity contribution in [3.05, 3.63) is 65.0 Å². The van der Waals surface area contributed by atoms with E-state index >= 15 is 0 Å². The van der Waals surface area contributed by atoms with Crippen molar-refractivity contribution in [2.75, 3.05) is 0 Å². The SMILES string of the molecule is Cc1ccc(F)cc1OC1CCc2ccccc2C1N. The molecule has 2 nitrogen and oxygen atoms in total. The van der Waals surface area contributed by atoms with Gasteiger partial charge in [-0.2, -0.15) is 0 Å². The summed E-state index contributed by atoms with van der Waals surface area (Å²) in [5.74, 6) is 0.306. The van der Waals surface area contributed by atoms with Crippen LogP contribution in [0.3, 0.4) is 0 Å². The largest absolute Gasteiger partial charge is 0.488 e. The fourth-order valence-corrected chi connectivity index (χ4v) is 2.76. The zero-order chi connectivity index (χ0) is 14.1. The lowest BCUT2D eigenvalue weighted by molar-refractivity contribution is 0.152. The van der Waals surface area contributed by atoms with E-state index in [0.29, 0.717) is 5.75 Å². The lowest BCUT2D eigenvalue weighted by Gasteiger charge is -2.31. The van der Waals surface area contributed by atoms with Crippen molar-refractivity contribution in [1.82, 2.24) is 0 Å². The van der Waals surface area contributed by atoms with Gasteiger partial charge in [0.2, 0.25) is 0 Å². The van der Waals surface area contributed by atoms with Gasteiger partial charge in [-0.05, 0) is 42.5 Å². The van der Waals surface area contributed by atoms with E-state index in [1.54, 1.807) is 6.07 Å². The van der Waals surface area contributed by atoms with E-state index in [1.165, 1.54) is 17.7 Å². The molecule has 3 rings (SSSR count). The Bertz CT molecular complexity index is 626. The van der Waals surface area contributed by atoms with Gasteiger partial charge in [-0.25, -0.2) is 4.39 Å². The van der Waals surface area contributed by atoms with Gasteiger partial charge in [-0.15, -0.1) is 0 Å². The number of hydrogen-bond donors (Lipinski definition) is 1. The smallest absolute Gasteiger partial charge is 0.126 e. The number of halogens is 1. The molecule has 20 heavy (non-hydrogen) atoms. The maximum absolute atomic E-state index is 13.3. The van der Waals surface area contributed by atoms with Crippen molar-refractivity contribution in [3.63, 3.8) is 0 Å². The molecular weight excluding hydrogens is 253 g/mol. The van der Waals surface area contributed by atoms with Crippen molar-refractivity contribution in [3.8, 4) is 5.75 Å². The van der Waals surface area contributed by atoms with Crippen LogP contribution in [0.2, 0.25) is 0 Å². The highest BCUT2D eigenvalue weighted by Gasteiger charge is 2.28. The molecule has 1 aliphatic rings. The van der Waals surface area contributed by atoms with E-state index in [2.05, 4.69) is 6.07 Å². The Morgan fingerprint density at radius 2 is 2.00 bits per heavy atom. The van der Waals surface area contributed by atoms with Crippen molar-refractivity contribution >= 4 is 0 Å². The van der Waals surface area contributed by atoms with Crippen molar-refractivity contribution in [2.24, 2.45) is 5.73 Å². The Labute approximate surface area is 118 Å². The molecule has 104 valence electrons. The van der Waals surface area contributed by atoms with Crippen LogP contribution in [-0.2, 0) is 6.42 Å². The number of rotatable bonds is 2. The first-order valence-electron chi connectivity index (χ1n) is 6.91. The van der Waals surface area contributed by atoms with Gasteiger partial charge in [0.1, 0.15) is 17.7 Å². The predicted molar refractivity (Wildman–Crippen MR) is 77.2 cm³/mol. The average Bonchev–Trinajstić information content (AvgIpc) is 2.46. The number of fused-ring (bicyclic) bond motifs is 1. The molecule has 2 aromatic carbocycles. The van der Waals surface area contributed by atoms with Gasteiger partial charge in [-0.3, -0.25) is 0 Å². The average molecular weight is 271 g/mol. The summed E-state index contributed by atoms with van der Waals surface area (Å²) in [6, 6.07) is 12.6. The maximum Gasteiger partial charge on any atom is 0.126 e. The molecule has 2 N–H and O–H groups in total. The van der Waals surface area contributed by atoms with Gasteiger partial charge < -0.3 is 10.5 Å². The Morgan fingerprint density at radius 1 is 1.20 bits per heavy atom. The second-order valence-corrected chi connectivity index (χ2v) is 5.33. The third-order valence-electron chi connectivity index (χ3n) is 3.94. The van der Waals surface area contributed by atoms with Gasteiger partial charge in [-0.1, -0.05) is 30.3 Å². The van der Waals surface area contributed by atoms with Crippen LogP contribution in [0.5, 0.6) is 5.75 Å². The van der Waals surface area contributed by atoms with Crippen LogP contribution in [0.1, 0.15) is 29.2 Å². The number of nitrogens with two attached hydrogens (primary N) is 1. The third kappa shape index (κ3) is 2.41. The standard InChI is InChI=1S/C17H18FNO/c1-11-6-8-13(18)10-16(11)20-15-9-7-12-4-2-3-5-14(12)17(15)19/h2-6,8,10,15,17H,7,9,19H2,1H3. The molecule has 0 saturated carbocycles. The van der Waals surface area contributed by atoms with Crippen LogP contribution in [0, 0.1) is 12.7 Å². The fraction of sp³-hybridized carbons (Fsp3) is 0.294. The van der Waals surface area contributed by atoms with Gasteiger partial charge in [0.25, 0.3) is 0 Å². The minimum atomic E-state index is -0.282. The molecular formula is C17H18FNO. The summed E-state index contributed by atoms with van der Waals surface area (Å²) in [6.07, 6.45) is 1.70. The van der Waals surface area contributed by atoms with Crippen LogP contribution in [0.15, 0.2) is 42.5 Å². The molecule has 2 unspecified atom stereocenters. The van der Waals surface area contributed by atoms with Crippen LogP contribution in [0.4, 0.5) is 4.39 Å². The van der Waals surface area contributed by atoms with E-state index in [4.69, 9.17) is 10.5 Å². The van der Waals surface area contributed by atoms with E-state index < -0.39 is 0 Å². The number of benzene rings is 2. The molecule has 0 fully saturated rings. The van der Waals surface area contributed by atoms with E-state index in [1.807, 2.05) is 25.1 Å². The summed E-state index contributed by atoms with van der Waals surface area (Å²) >= 11 is 0. The minimum Gasteiger partial charge on any atom is -0.488 e.